The highest BCUT2D eigenvalue weighted by Crippen LogP contribution is 2.22. The summed E-state index contributed by atoms with van der Waals surface area (Å²) in [7, 11) is 1.93. The van der Waals surface area contributed by atoms with Crippen molar-refractivity contribution in [1.82, 2.24) is 4.57 Å². The summed E-state index contributed by atoms with van der Waals surface area (Å²) in [5, 5.41) is 1.14. The zero-order chi connectivity index (χ0) is 9.59. The third-order valence-electron chi connectivity index (χ3n) is 2.47. The smallest absolute Gasteiger partial charge is 0.128 e. The average molecular weight is 177 g/mol. The molecule has 0 saturated carbocycles. The summed E-state index contributed by atoms with van der Waals surface area (Å²) in [6, 6.07) is 3.50. The Morgan fingerprint density at radius 2 is 1.85 bits per heavy atom. The van der Waals surface area contributed by atoms with E-state index < -0.39 is 0 Å². The van der Waals surface area contributed by atoms with E-state index in [-0.39, 0.29) is 5.82 Å². The van der Waals surface area contributed by atoms with E-state index in [4.69, 9.17) is 0 Å². The molecule has 1 heterocycles. The Balaban J connectivity index is 2.91. The number of nitrogens with zero attached hydrogens (tertiary/aromatic N) is 1. The zero-order valence-corrected chi connectivity index (χ0v) is 8.06. The lowest BCUT2D eigenvalue weighted by Crippen LogP contribution is -1.86. The van der Waals surface area contributed by atoms with Gasteiger partial charge < -0.3 is 4.57 Å². The van der Waals surface area contributed by atoms with E-state index in [2.05, 4.69) is 0 Å². The monoisotopic (exact) mass is 177 g/mol. The minimum Gasteiger partial charge on any atom is -0.350 e. The van der Waals surface area contributed by atoms with Gasteiger partial charge in [0.2, 0.25) is 0 Å². The molecule has 2 rings (SSSR count). The molecule has 0 aliphatic rings. The van der Waals surface area contributed by atoms with Crippen LogP contribution < -0.4 is 0 Å². The fraction of sp³-hybridized carbons (Fsp3) is 0.273. The van der Waals surface area contributed by atoms with Gasteiger partial charge in [0.15, 0.2) is 0 Å². The van der Waals surface area contributed by atoms with Crippen LogP contribution in [0.25, 0.3) is 10.9 Å². The van der Waals surface area contributed by atoms with E-state index in [0.717, 1.165) is 10.9 Å². The SMILES string of the molecule is Cc1cc2c(C)cn(C)c2cc1F. The van der Waals surface area contributed by atoms with Gasteiger partial charge in [-0.3, -0.25) is 0 Å². The van der Waals surface area contributed by atoms with Crippen LogP contribution in [0, 0.1) is 19.7 Å². The third-order valence-corrected chi connectivity index (χ3v) is 2.47. The number of halogens is 1. The molecule has 0 radical (unpaired) electrons. The van der Waals surface area contributed by atoms with Gasteiger partial charge in [-0.2, -0.15) is 0 Å². The molecule has 0 fully saturated rings. The second-order valence-corrected chi connectivity index (χ2v) is 3.54. The number of aromatic nitrogens is 1. The predicted molar refractivity (Wildman–Crippen MR) is 52.4 cm³/mol. The van der Waals surface area contributed by atoms with Crippen molar-refractivity contribution >= 4 is 10.9 Å². The standard InChI is InChI=1S/C11H12FN/c1-7-4-9-8(2)6-13(3)11(9)5-10(7)12/h4-6H,1-3H3. The molecule has 0 aliphatic heterocycles. The van der Waals surface area contributed by atoms with Gasteiger partial charge in [-0.25, -0.2) is 4.39 Å². The molecule has 0 spiro atoms. The highest BCUT2D eigenvalue weighted by atomic mass is 19.1. The fourth-order valence-corrected chi connectivity index (χ4v) is 1.71. The summed E-state index contributed by atoms with van der Waals surface area (Å²) >= 11 is 0. The van der Waals surface area contributed by atoms with Gasteiger partial charge in [-0.15, -0.1) is 0 Å². The maximum atomic E-state index is 13.2. The van der Waals surface area contributed by atoms with Crippen LogP contribution in [-0.4, -0.2) is 4.57 Å². The van der Waals surface area contributed by atoms with Crippen LogP contribution >= 0.6 is 0 Å². The van der Waals surface area contributed by atoms with Gasteiger partial charge in [-0.05, 0) is 37.1 Å². The Hall–Kier alpha value is -1.31. The van der Waals surface area contributed by atoms with Gasteiger partial charge in [0.25, 0.3) is 0 Å². The molecular formula is C11H12FN. The highest BCUT2D eigenvalue weighted by Gasteiger charge is 2.06. The molecule has 1 aromatic carbocycles. The summed E-state index contributed by atoms with van der Waals surface area (Å²) in [6.45, 7) is 3.83. The number of benzene rings is 1. The average Bonchev–Trinajstić information content (AvgIpc) is 2.31. The molecule has 2 heteroatoms. The van der Waals surface area contributed by atoms with Crippen LogP contribution in [-0.2, 0) is 7.05 Å². The molecule has 68 valence electrons. The van der Waals surface area contributed by atoms with E-state index >= 15 is 0 Å². The van der Waals surface area contributed by atoms with Gasteiger partial charge >= 0.3 is 0 Å². The molecule has 0 amide bonds. The second-order valence-electron chi connectivity index (χ2n) is 3.54. The van der Waals surface area contributed by atoms with Crippen LogP contribution in [0.15, 0.2) is 18.3 Å². The molecule has 1 nitrogen and oxygen atoms in total. The summed E-state index contributed by atoms with van der Waals surface area (Å²) in [5.74, 6) is -0.131. The molecule has 0 aliphatic carbocycles. The first-order valence-electron chi connectivity index (χ1n) is 4.31. The third kappa shape index (κ3) is 1.13. The van der Waals surface area contributed by atoms with Crippen molar-refractivity contribution in [1.29, 1.82) is 0 Å². The Morgan fingerprint density at radius 3 is 2.54 bits per heavy atom. The van der Waals surface area contributed by atoms with E-state index in [1.54, 1.807) is 13.0 Å². The minimum atomic E-state index is -0.131. The lowest BCUT2D eigenvalue weighted by atomic mass is 10.1. The fourth-order valence-electron chi connectivity index (χ4n) is 1.71. The molecule has 0 atom stereocenters. The van der Waals surface area contributed by atoms with Crippen molar-refractivity contribution < 1.29 is 4.39 Å². The summed E-state index contributed by atoms with van der Waals surface area (Å²) < 4.78 is 15.2. The molecule has 13 heavy (non-hydrogen) atoms. The molecule has 0 N–H and O–H groups in total. The van der Waals surface area contributed by atoms with E-state index in [0.29, 0.717) is 5.56 Å². The van der Waals surface area contributed by atoms with Crippen molar-refractivity contribution in [3.05, 3.63) is 35.3 Å². The van der Waals surface area contributed by atoms with Crippen LogP contribution in [0.3, 0.4) is 0 Å². The maximum Gasteiger partial charge on any atom is 0.128 e. The Bertz CT molecular complexity index is 426. The van der Waals surface area contributed by atoms with Crippen molar-refractivity contribution in [3.8, 4) is 0 Å². The normalized spacial score (nSPS) is 11.1. The number of hydrogen-bond donors (Lipinski definition) is 0. The lowest BCUT2D eigenvalue weighted by Gasteiger charge is -1.99. The number of aryl methyl sites for hydroxylation is 3. The molecule has 2 aromatic rings. The first kappa shape index (κ1) is 8.30. The second kappa shape index (κ2) is 2.59. The van der Waals surface area contributed by atoms with E-state index in [1.165, 1.54) is 5.56 Å². The van der Waals surface area contributed by atoms with Crippen LogP contribution in [0.2, 0.25) is 0 Å². The van der Waals surface area contributed by atoms with E-state index in [9.17, 15) is 4.39 Å². The van der Waals surface area contributed by atoms with Gasteiger partial charge in [0.1, 0.15) is 5.82 Å². The molecule has 0 saturated heterocycles. The van der Waals surface area contributed by atoms with Crippen LogP contribution in [0.1, 0.15) is 11.1 Å². The largest absolute Gasteiger partial charge is 0.350 e. The van der Waals surface area contributed by atoms with Crippen LogP contribution in [0.5, 0.6) is 0 Å². The summed E-state index contributed by atoms with van der Waals surface area (Å²) in [5.41, 5.74) is 2.86. The molecule has 0 unspecified atom stereocenters. The topological polar surface area (TPSA) is 4.93 Å². The lowest BCUT2D eigenvalue weighted by molar-refractivity contribution is 0.619. The first-order chi connectivity index (χ1) is 6.09. The van der Waals surface area contributed by atoms with Crippen molar-refractivity contribution in [2.45, 2.75) is 13.8 Å². The van der Waals surface area contributed by atoms with Crippen molar-refractivity contribution in [2.24, 2.45) is 7.05 Å². The zero-order valence-electron chi connectivity index (χ0n) is 8.06. The molecular weight excluding hydrogens is 165 g/mol. The maximum absolute atomic E-state index is 13.2. The Labute approximate surface area is 76.8 Å². The minimum absolute atomic E-state index is 0.131. The van der Waals surface area contributed by atoms with Crippen LogP contribution in [0.4, 0.5) is 4.39 Å². The first-order valence-corrected chi connectivity index (χ1v) is 4.31. The molecule has 0 bridgehead atoms. The quantitative estimate of drug-likeness (QED) is 0.583. The predicted octanol–water partition coefficient (Wildman–Crippen LogP) is 2.93. The Kier molecular flexibility index (Phi) is 1.65. The summed E-state index contributed by atoms with van der Waals surface area (Å²) in [6.07, 6.45) is 2.02. The van der Waals surface area contributed by atoms with Crippen molar-refractivity contribution in [3.63, 3.8) is 0 Å². The highest BCUT2D eigenvalue weighted by molar-refractivity contribution is 5.84. The Morgan fingerprint density at radius 1 is 1.15 bits per heavy atom. The number of hydrogen-bond acceptors (Lipinski definition) is 0. The van der Waals surface area contributed by atoms with Gasteiger partial charge in [0.05, 0.1) is 5.52 Å². The van der Waals surface area contributed by atoms with Gasteiger partial charge in [-0.1, -0.05) is 0 Å². The van der Waals surface area contributed by atoms with Crippen molar-refractivity contribution in [2.75, 3.05) is 0 Å². The molecule has 1 aromatic heterocycles. The number of fused-ring (bicyclic) bond motifs is 1. The van der Waals surface area contributed by atoms with Gasteiger partial charge in [0, 0.05) is 18.6 Å². The number of rotatable bonds is 0. The summed E-state index contributed by atoms with van der Waals surface area (Å²) in [4.78, 5) is 0. The van der Waals surface area contributed by atoms with E-state index in [1.807, 2.05) is 30.8 Å².